The molecule has 106 valence electrons. The lowest BCUT2D eigenvalue weighted by molar-refractivity contribution is 0.358. The molecule has 0 radical (unpaired) electrons. The van der Waals surface area contributed by atoms with Crippen LogP contribution < -0.4 is 10.0 Å². The van der Waals surface area contributed by atoms with E-state index in [1.807, 2.05) is 30.3 Å². The average molecular weight is 282 g/mol. The molecule has 1 aliphatic heterocycles. The van der Waals surface area contributed by atoms with Crippen LogP contribution in [-0.4, -0.2) is 28.1 Å². The second kappa shape index (κ2) is 7.03. The molecule has 0 saturated carbocycles. The van der Waals surface area contributed by atoms with Gasteiger partial charge in [0, 0.05) is 6.54 Å². The first-order chi connectivity index (χ1) is 9.16. The molecule has 1 aromatic rings. The number of piperidine rings is 1. The Morgan fingerprint density at radius 1 is 1.26 bits per heavy atom. The minimum absolute atomic E-state index is 0.0662. The molecule has 1 unspecified atom stereocenters. The molecule has 5 heteroatoms. The van der Waals surface area contributed by atoms with E-state index in [9.17, 15) is 8.42 Å². The quantitative estimate of drug-likeness (QED) is 0.831. The summed E-state index contributed by atoms with van der Waals surface area (Å²) in [4.78, 5) is 0. The van der Waals surface area contributed by atoms with Crippen LogP contribution in [0.15, 0.2) is 30.3 Å². The first-order valence-electron chi connectivity index (χ1n) is 6.88. The number of nitrogens with one attached hydrogen (secondary N) is 2. The van der Waals surface area contributed by atoms with Crippen LogP contribution in [0.4, 0.5) is 0 Å². The van der Waals surface area contributed by atoms with Gasteiger partial charge in [-0.2, -0.15) is 0 Å². The van der Waals surface area contributed by atoms with Gasteiger partial charge in [0.05, 0.1) is 5.75 Å². The van der Waals surface area contributed by atoms with Crippen molar-refractivity contribution in [2.75, 3.05) is 19.6 Å². The third-order valence-electron chi connectivity index (χ3n) is 3.47. The van der Waals surface area contributed by atoms with Crippen molar-refractivity contribution in [2.45, 2.75) is 25.0 Å². The number of benzene rings is 1. The van der Waals surface area contributed by atoms with Gasteiger partial charge in [0.2, 0.25) is 10.0 Å². The summed E-state index contributed by atoms with van der Waals surface area (Å²) in [5.74, 6) is 0.671. The third-order valence-corrected chi connectivity index (χ3v) is 4.83. The fourth-order valence-corrected chi connectivity index (χ4v) is 3.60. The summed E-state index contributed by atoms with van der Waals surface area (Å²) < 4.78 is 26.5. The van der Waals surface area contributed by atoms with E-state index >= 15 is 0 Å². The normalized spacial score (nSPS) is 20.3. The highest BCUT2D eigenvalue weighted by atomic mass is 32.2. The molecule has 1 heterocycles. The Morgan fingerprint density at radius 2 is 2.05 bits per heavy atom. The molecule has 0 spiro atoms. The molecule has 1 aliphatic rings. The summed E-state index contributed by atoms with van der Waals surface area (Å²) in [7, 11) is -3.21. The fourth-order valence-electron chi connectivity index (χ4n) is 2.43. The number of hydrogen-bond acceptors (Lipinski definition) is 3. The molecule has 0 aromatic heterocycles. The van der Waals surface area contributed by atoms with Gasteiger partial charge in [0.25, 0.3) is 0 Å². The van der Waals surface area contributed by atoms with Gasteiger partial charge < -0.3 is 5.32 Å². The summed E-state index contributed by atoms with van der Waals surface area (Å²) in [5.41, 5.74) is 0.828. The molecule has 4 nitrogen and oxygen atoms in total. The van der Waals surface area contributed by atoms with Crippen LogP contribution in [0.25, 0.3) is 0 Å². The van der Waals surface area contributed by atoms with Crippen molar-refractivity contribution < 1.29 is 8.42 Å². The molecule has 19 heavy (non-hydrogen) atoms. The predicted octanol–water partition coefficient (Wildman–Crippen LogP) is 1.50. The zero-order valence-electron chi connectivity index (χ0n) is 11.1. The third kappa shape index (κ3) is 5.30. The van der Waals surface area contributed by atoms with E-state index in [4.69, 9.17) is 0 Å². The van der Waals surface area contributed by atoms with Crippen LogP contribution in [0.5, 0.6) is 0 Å². The lowest BCUT2D eigenvalue weighted by Gasteiger charge is -2.22. The van der Waals surface area contributed by atoms with Gasteiger partial charge in [0.1, 0.15) is 0 Å². The van der Waals surface area contributed by atoms with Gasteiger partial charge in [-0.25, -0.2) is 13.1 Å². The molecule has 1 aromatic carbocycles. The van der Waals surface area contributed by atoms with Crippen molar-refractivity contribution in [1.29, 1.82) is 0 Å². The summed E-state index contributed by atoms with van der Waals surface area (Å²) in [6, 6.07) is 9.28. The maximum Gasteiger partial charge on any atom is 0.215 e. The van der Waals surface area contributed by atoms with Gasteiger partial charge in [-0.05, 0) is 43.8 Å². The number of rotatable bonds is 6. The Kier molecular flexibility index (Phi) is 5.36. The SMILES string of the molecule is O=S(=O)(Cc1ccccc1)NCCC1CCCNC1. The minimum atomic E-state index is -3.21. The molecule has 1 saturated heterocycles. The molecule has 0 amide bonds. The Morgan fingerprint density at radius 3 is 2.74 bits per heavy atom. The molecule has 1 fully saturated rings. The van der Waals surface area contributed by atoms with Crippen molar-refractivity contribution in [3.8, 4) is 0 Å². The summed E-state index contributed by atoms with van der Waals surface area (Å²) >= 11 is 0. The van der Waals surface area contributed by atoms with Crippen molar-refractivity contribution >= 4 is 10.0 Å². The Balaban J connectivity index is 1.74. The van der Waals surface area contributed by atoms with Crippen LogP contribution in [0.2, 0.25) is 0 Å². The van der Waals surface area contributed by atoms with E-state index < -0.39 is 10.0 Å². The maximum absolute atomic E-state index is 11.9. The largest absolute Gasteiger partial charge is 0.316 e. The van der Waals surface area contributed by atoms with Crippen LogP contribution >= 0.6 is 0 Å². The van der Waals surface area contributed by atoms with E-state index in [-0.39, 0.29) is 5.75 Å². The van der Waals surface area contributed by atoms with Gasteiger partial charge in [-0.1, -0.05) is 30.3 Å². The second-order valence-electron chi connectivity index (χ2n) is 5.14. The molecule has 2 rings (SSSR count). The van der Waals surface area contributed by atoms with Gasteiger partial charge in [-0.15, -0.1) is 0 Å². The predicted molar refractivity (Wildman–Crippen MR) is 77.3 cm³/mol. The van der Waals surface area contributed by atoms with E-state index in [0.29, 0.717) is 12.5 Å². The molecule has 0 bridgehead atoms. The summed E-state index contributed by atoms with van der Waals surface area (Å²) in [6.07, 6.45) is 3.32. The first-order valence-corrected chi connectivity index (χ1v) is 8.53. The van der Waals surface area contributed by atoms with Crippen LogP contribution in [0.1, 0.15) is 24.8 Å². The fraction of sp³-hybridized carbons (Fsp3) is 0.571. The van der Waals surface area contributed by atoms with E-state index in [2.05, 4.69) is 10.0 Å². The van der Waals surface area contributed by atoms with Gasteiger partial charge >= 0.3 is 0 Å². The maximum atomic E-state index is 11.9. The van der Waals surface area contributed by atoms with Gasteiger partial charge in [-0.3, -0.25) is 0 Å². The monoisotopic (exact) mass is 282 g/mol. The molecule has 2 N–H and O–H groups in total. The van der Waals surface area contributed by atoms with Crippen molar-refractivity contribution in [2.24, 2.45) is 5.92 Å². The van der Waals surface area contributed by atoms with Crippen molar-refractivity contribution in [3.63, 3.8) is 0 Å². The van der Waals surface area contributed by atoms with E-state index in [1.54, 1.807) is 0 Å². The van der Waals surface area contributed by atoms with Crippen molar-refractivity contribution in [3.05, 3.63) is 35.9 Å². The smallest absolute Gasteiger partial charge is 0.215 e. The number of hydrogen-bond donors (Lipinski definition) is 2. The minimum Gasteiger partial charge on any atom is -0.316 e. The molecular weight excluding hydrogens is 260 g/mol. The highest BCUT2D eigenvalue weighted by Crippen LogP contribution is 2.13. The lowest BCUT2D eigenvalue weighted by Crippen LogP contribution is -2.33. The molecular formula is C14H22N2O2S. The highest BCUT2D eigenvalue weighted by Gasteiger charge is 2.15. The van der Waals surface area contributed by atoms with Gasteiger partial charge in [0.15, 0.2) is 0 Å². The standard InChI is InChI=1S/C14H22N2O2S/c17-19(18,12-14-5-2-1-3-6-14)16-10-8-13-7-4-9-15-11-13/h1-3,5-6,13,15-16H,4,7-12H2. The summed E-state index contributed by atoms with van der Waals surface area (Å²) in [5, 5.41) is 3.35. The molecule has 0 aliphatic carbocycles. The lowest BCUT2D eigenvalue weighted by atomic mass is 9.96. The second-order valence-corrected chi connectivity index (χ2v) is 6.95. The van der Waals surface area contributed by atoms with E-state index in [1.165, 1.54) is 12.8 Å². The Hall–Kier alpha value is -0.910. The zero-order chi connectivity index (χ0) is 13.6. The topological polar surface area (TPSA) is 58.2 Å². The van der Waals surface area contributed by atoms with Crippen LogP contribution in [0, 0.1) is 5.92 Å². The Labute approximate surface area is 115 Å². The molecule has 1 atom stereocenters. The van der Waals surface area contributed by atoms with E-state index in [0.717, 1.165) is 25.1 Å². The zero-order valence-corrected chi connectivity index (χ0v) is 12.0. The number of sulfonamides is 1. The first kappa shape index (κ1) is 14.5. The van der Waals surface area contributed by atoms with Crippen LogP contribution in [-0.2, 0) is 15.8 Å². The Bertz CT molecular complexity index is 467. The summed E-state index contributed by atoms with van der Waals surface area (Å²) in [6.45, 7) is 2.65. The van der Waals surface area contributed by atoms with Crippen LogP contribution in [0.3, 0.4) is 0 Å². The van der Waals surface area contributed by atoms with Crippen molar-refractivity contribution in [1.82, 2.24) is 10.0 Å². The highest BCUT2D eigenvalue weighted by molar-refractivity contribution is 7.88. The average Bonchev–Trinajstić information content (AvgIpc) is 2.40.